The Bertz CT molecular complexity index is 1690. The number of nitrogens with zero attached hydrogens (tertiary/aromatic N) is 5. The van der Waals surface area contributed by atoms with Crippen LogP contribution in [0.4, 0.5) is 10.1 Å². The third-order valence-electron chi connectivity index (χ3n) is 6.75. The number of hydrogen-bond acceptors (Lipinski definition) is 9. The minimum atomic E-state index is -3.70. The standard InChI is InChI=1S/C27H27N5O5S3/c1-3-20-6-4-5-15-30(20)40(36,37)22-11-8-19(9-12-22)26(33)31(28-17-21-10-14-25(38-21)32(34)35)27-29-23-13-7-18(2)16-24(23)39-27/h7-14,16-17,20H,3-6,15H2,1-2H3/b28-17+. The SMILES string of the molecule is CCC1CCCCN1S(=O)(=O)c1ccc(C(=O)N(/N=C/c2ccc([N+](=O)[O-])s2)c2nc3ccc(C)cc3s2)cc1. The Labute approximate surface area is 239 Å². The number of carbonyl (C=O) groups is 1. The number of sulfonamides is 1. The Hall–Kier alpha value is -3.52. The number of carbonyl (C=O) groups excluding carboxylic acids is 1. The summed E-state index contributed by atoms with van der Waals surface area (Å²) in [5.74, 6) is -0.508. The van der Waals surface area contributed by atoms with Crippen LogP contribution in [0.25, 0.3) is 10.2 Å². The summed E-state index contributed by atoms with van der Waals surface area (Å²) < 4.78 is 29.2. The molecule has 1 aliphatic heterocycles. The van der Waals surface area contributed by atoms with Crippen LogP contribution in [0, 0.1) is 17.0 Å². The van der Waals surface area contributed by atoms with Crippen LogP contribution in [-0.4, -0.2) is 47.3 Å². The summed E-state index contributed by atoms with van der Waals surface area (Å²) in [5.41, 5.74) is 1.99. The number of amides is 1. The monoisotopic (exact) mass is 597 g/mol. The van der Waals surface area contributed by atoms with Gasteiger partial charge in [-0.2, -0.15) is 14.4 Å². The second-order valence-electron chi connectivity index (χ2n) is 9.46. The van der Waals surface area contributed by atoms with Gasteiger partial charge in [0.2, 0.25) is 15.2 Å². The molecule has 4 aromatic rings. The lowest BCUT2D eigenvalue weighted by Gasteiger charge is -2.34. The maximum absolute atomic E-state index is 13.7. The van der Waals surface area contributed by atoms with Gasteiger partial charge in [0.1, 0.15) is 0 Å². The van der Waals surface area contributed by atoms with Crippen molar-refractivity contribution in [3.63, 3.8) is 0 Å². The maximum atomic E-state index is 13.7. The zero-order valence-corrected chi connectivity index (χ0v) is 24.3. The predicted molar refractivity (Wildman–Crippen MR) is 158 cm³/mol. The maximum Gasteiger partial charge on any atom is 0.324 e. The van der Waals surface area contributed by atoms with Gasteiger partial charge < -0.3 is 0 Å². The van der Waals surface area contributed by atoms with Gasteiger partial charge in [0.05, 0.1) is 31.1 Å². The number of nitro groups is 1. The van der Waals surface area contributed by atoms with Crippen LogP contribution in [-0.2, 0) is 10.0 Å². The van der Waals surface area contributed by atoms with Crippen molar-refractivity contribution >= 4 is 65.2 Å². The van der Waals surface area contributed by atoms with E-state index < -0.39 is 20.9 Å². The molecule has 0 saturated carbocycles. The largest absolute Gasteiger partial charge is 0.324 e. The zero-order valence-electron chi connectivity index (χ0n) is 21.9. The molecule has 0 aliphatic carbocycles. The Morgan fingerprint density at radius 1 is 1.18 bits per heavy atom. The molecule has 40 heavy (non-hydrogen) atoms. The van der Waals surface area contributed by atoms with Gasteiger partial charge in [-0.1, -0.05) is 42.1 Å². The minimum Gasteiger partial charge on any atom is -0.267 e. The van der Waals surface area contributed by atoms with Gasteiger partial charge in [-0.25, -0.2) is 13.4 Å². The number of hydrogen-bond donors (Lipinski definition) is 0. The summed E-state index contributed by atoms with van der Waals surface area (Å²) >= 11 is 2.23. The molecule has 13 heteroatoms. The summed E-state index contributed by atoms with van der Waals surface area (Å²) in [6, 6.07) is 14.5. The molecule has 5 rings (SSSR count). The fourth-order valence-corrected chi connectivity index (χ4v) is 8.12. The number of rotatable bonds is 8. The highest BCUT2D eigenvalue weighted by Crippen LogP contribution is 2.32. The van der Waals surface area contributed by atoms with Gasteiger partial charge in [-0.05, 0) is 74.2 Å². The average molecular weight is 598 g/mol. The third-order valence-corrected chi connectivity index (χ3v) is 10.7. The van der Waals surface area contributed by atoms with Gasteiger partial charge in [-0.15, -0.1) is 0 Å². The molecule has 1 unspecified atom stereocenters. The number of hydrazone groups is 1. The van der Waals surface area contributed by atoms with Crippen LogP contribution in [0.1, 0.15) is 53.4 Å². The van der Waals surface area contributed by atoms with E-state index in [1.165, 1.54) is 47.9 Å². The van der Waals surface area contributed by atoms with E-state index in [0.717, 1.165) is 52.3 Å². The lowest BCUT2D eigenvalue weighted by atomic mass is 10.0. The molecule has 2 aromatic heterocycles. The normalized spacial score (nSPS) is 16.5. The van der Waals surface area contributed by atoms with Crippen LogP contribution >= 0.6 is 22.7 Å². The Morgan fingerprint density at radius 3 is 2.65 bits per heavy atom. The Morgan fingerprint density at radius 2 is 1.95 bits per heavy atom. The molecule has 1 amide bonds. The van der Waals surface area contributed by atoms with E-state index in [1.807, 2.05) is 32.0 Å². The molecule has 2 aromatic carbocycles. The summed E-state index contributed by atoms with van der Waals surface area (Å²) in [5, 5.41) is 16.9. The predicted octanol–water partition coefficient (Wildman–Crippen LogP) is 6.21. The first-order chi connectivity index (χ1) is 19.2. The van der Waals surface area contributed by atoms with E-state index in [-0.39, 0.29) is 21.5 Å². The number of thiophene rings is 1. The van der Waals surface area contributed by atoms with Crippen molar-refractivity contribution in [2.45, 2.75) is 50.5 Å². The second-order valence-corrected chi connectivity index (χ2v) is 13.5. The molecule has 1 atom stereocenters. The lowest BCUT2D eigenvalue weighted by Crippen LogP contribution is -2.43. The highest BCUT2D eigenvalue weighted by atomic mass is 32.2. The number of piperidine rings is 1. The van der Waals surface area contributed by atoms with E-state index in [1.54, 1.807) is 10.4 Å². The molecule has 3 heterocycles. The fraction of sp³-hybridized carbons (Fsp3) is 0.296. The molecule has 208 valence electrons. The number of anilines is 1. The quantitative estimate of drug-likeness (QED) is 0.135. The molecule has 0 bridgehead atoms. The average Bonchev–Trinajstić information content (AvgIpc) is 3.60. The highest BCUT2D eigenvalue weighted by Gasteiger charge is 2.32. The van der Waals surface area contributed by atoms with Crippen molar-refractivity contribution < 1.29 is 18.1 Å². The van der Waals surface area contributed by atoms with Crippen LogP contribution < -0.4 is 5.01 Å². The van der Waals surface area contributed by atoms with E-state index in [0.29, 0.717) is 22.1 Å². The molecular formula is C27H27N5O5S3. The topological polar surface area (TPSA) is 126 Å². The molecule has 0 spiro atoms. The van der Waals surface area contributed by atoms with Gasteiger partial charge in [0.15, 0.2) is 0 Å². The second kappa shape index (κ2) is 11.5. The summed E-state index contributed by atoms with van der Waals surface area (Å²) in [4.78, 5) is 29.5. The first kappa shape index (κ1) is 28.0. The van der Waals surface area contributed by atoms with Crippen molar-refractivity contribution in [3.8, 4) is 0 Å². The van der Waals surface area contributed by atoms with Crippen LogP contribution in [0.5, 0.6) is 0 Å². The number of benzene rings is 2. The van der Waals surface area contributed by atoms with Crippen LogP contribution in [0.2, 0.25) is 0 Å². The lowest BCUT2D eigenvalue weighted by molar-refractivity contribution is -0.380. The van der Waals surface area contributed by atoms with E-state index in [9.17, 15) is 23.3 Å². The molecular weight excluding hydrogens is 571 g/mol. The van der Waals surface area contributed by atoms with Gasteiger partial charge in [0.25, 0.3) is 5.91 Å². The van der Waals surface area contributed by atoms with E-state index in [2.05, 4.69) is 10.1 Å². The summed E-state index contributed by atoms with van der Waals surface area (Å²) in [6.07, 6.45) is 4.81. The fourth-order valence-electron chi connectivity index (χ4n) is 4.65. The molecule has 1 saturated heterocycles. The van der Waals surface area contributed by atoms with Crippen molar-refractivity contribution in [2.75, 3.05) is 11.6 Å². The number of aromatic nitrogens is 1. The molecule has 0 N–H and O–H groups in total. The van der Waals surface area contributed by atoms with Crippen molar-refractivity contribution in [1.82, 2.24) is 9.29 Å². The number of fused-ring (bicyclic) bond motifs is 1. The van der Waals surface area contributed by atoms with E-state index >= 15 is 0 Å². The minimum absolute atomic E-state index is 0.0272. The Balaban J connectivity index is 1.47. The van der Waals surface area contributed by atoms with Gasteiger partial charge in [0, 0.05) is 24.2 Å². The van der Waals surface area contributed by atoms with Crippen LogP contribution in [0.15, 0.2) is 64.6 Å². The summed E-state index contributed by atoms with van der Waals surface area (Å²) in [7, 11) is -3.70. The molecule has 10 nitrogen and oxygen atoms in total. The first-order valence-corrected chi connectivity index (χ1v) is 15.9. The first-order valence-electron chi connectivity index (χ1n) is 12.8. The smallest absolute Gasteiger partial charge is 0.267 e. The summed E-state index contributed by atoms with van der Waals surface area (Å²) in [6.45, 7) is 4.45. The zero-order chi connectivity index (χ0) is 28.4. The Kier molecular flexibility index (Phi) is 8.08. The molecule has 1 aliphatic rings. The van der Waals surface area contributed by atoms with Gasteiger partial charge >= 0.3 is 5.00 Å². The molecule has 1 fully saturated rings. The van der Waals surface area contributed by atoms with Crippen molar-refractivity contribution in [2.24, 2.45) is 5.10 Å². The highest BCUT2D eigenvalue weighted by molar-refractivity contribution is 7.89. The van der Waals surface area contributed by atoms with Crippen molar-refractivity contribution in [3.05, 3.63) is 80.7 Å². The third kappa shape index (κ3) is 5.68. The van der Waals surface area contributed by atoms with Gasteiger partial charge in [-0.3, -0.25) is 14.9 Å². The van der Waals surface area contributed by atoms with Crippen molar-refractivity contribution in [1.29, 1.82) is 0 Å². The van der Waals surface area contributed by atoms with E-state index in [4.69, 9.17) is 0 Å². The van der Waals surface area contributed by atoms with Crippen LogP contribution in [0.3, 0.4) is 0 Å². The number of thiazole rings is 1. The number of aryl methyl sites for hydroxylation is 1. The molecule has 0 radical (unpaired) electrons.